The van der Waals surface area contributed by atoms with Crippen molar-refractivity contribution in [1.82, 2.24) is 0 Å². The van der Waals surface area contributed by atoms with E-state index in [0.717, 1.165) is 5.75 Å². The molecule has 1 aromatic rings. The van der Waals surface area contributed by atoms with Crippen molar-refractivity contribution in [2.24, 2.45) is 0 Å². The van der Waals surface area contributed by atoms with E-state index in [9.17, 15) is 0 Å². The third-order valence-corrected chi connectivity index (χ3v) is 1.71. The Morgan fingerprint density at radius 1 is 1.23 bits per heavy atom. The molecule has 0 fully saturated rings. The molecule has 1 heteroatoms. The molecule has 0 aliphatic rings. The van der Waals surface area contributed by atoms with Gasteiger partial charge in [0.25, 0.3) is 0 Å². The Hall–Kier alpha value is -1.24. The van der Waals surface area contributed by atoms with E-state index in [2.05, 4.69) is 26.5 Å². The van der Waals surface area contributed by atoms with Crippen molar-refractivity contribution in [3.63, 3.8) is 0 Å². The summed E-state index contributed by atoms with van der Waals surface area (Å²) in [6, 6.07) is 6.08. The van der Waals surface area contributed by atoms with E-state index in [4.69, 9.17) is 4.74 Å². The van der Waals surface area contributed by atoms with Gasteiger partial charge in [0.2, 0.25) is 0 Å². The second-order valence-electron chi connectivity index (χ2n) is 2.86. The summed E-state index contributed by atoms with van der Waals surface area (Å²) in [4.78, 5) is 0. The van der Waals surface area contributed by atoms with Crippen LogP contribution in [-0.2, 0) is 0 Å². The third-order valence-electron chi connectivity index (χ3n) is 1.71. The number of ether oxygens (including phenoxy) is 1. The van der Waals surface area contributed by atoms with Gasteiger partial charge in [0.15, 0.2) is 0 Å². The maximum atomic E-state index is 5.05. The number of allylic oxidation sites excluding steroid dienone is 1. The fraction of sp³-hybridized carbons (Fsp3) is 0.333. The molecule has 0 amide bonds. The highest BCUT2D eigenvalue weighted by molar-refractivity contribution is 5.33. The van der Waals surface area contributed by atoms with Crippen LogP contribution in [0.2, 0.25) is 0 Å². The zero-order chi connectivity index (χ0) is 10.3. The first kappa shape index (κ1) is 11.8. The van der Waals surface area contributed by atoms with Crippen LogP contribution >= 0.6 is 0 Å². The fourth-order valence-electron chi connectivity index (χ4n) is 0.841. The van der Waals surface area contributed by atoms with Crippen LogP contribution < -0.4 is 4.74 Å². The van der Waals surface area contributed by atoms with Crippen LogP contribution in [0.3, 0.4) is 0 Å². The average Bonchev–Trinajstić information content (AvgIpc) is 2.11. The molecule has 0 bridgehead atoms. The molecule has 0 saturated carbocycles. The van der Waals surface area contributed by atoms with E-state index in [-0.39, 0.29) is 0 Å². The lowest BCUT2D eigenvalue weighted by atomic mass is 10.1. The number of aryl methyl sites for hydroxylation is 2. The molecule has 1 rings (SSSR count). The second-order valence-corrected chi connectivity index (χ2v) is 2.86. The van der Waals surface area contributed by atoms with E-state index < -0.39 is 0 Å². The number of rotatable bonds is 1. The Morgan fingerprint density at radius 2 is 1.77 bits per heavy atom. The smallest absolute Gasteiger partial charge is 0.119 e. The summed E-state index contributed by atoms with van der Waals surface area (Å²) in [7, 11) is 1.68. The van der Waals surface area contributed by atoms with Gasteiger partial charge >= 0.3 is 0 Å². The molecule has 0 aromatic heterocycles. The molecule has 0 spiro atoms. The van der Waals surface area contributed by atoms with Crippen LogP contribution in [0.25, 0.3) is 0 Å². The maximum Gasteiger partial charge on any atom is 0.119 e. The lowest BCUT2D eigenvalue weighted by Crippen LogP contribution is -1.85. The van der Waals surface area contributed by atoms with Crippen molar-refractivity contribution in [2.75, 3.05) is 7.11 Å². The van der Waals surface area contributed by atoms with Gasteiger partial charge in [-0.3, -0.25) is 0 Å². The summed E-state index contributed by atoms with van der Waals surface area (Å²) in [6.45, 7) is 9.42. The number of benzene rings is 1. The minimum atomic E-state index is 0.933. The van der Waals surface area contributed by atoms with Crippen LogP contribution in [0, 0.1) is 13.8 Å². The molecule has 1 aromatic carbocycles. The van der Waals surface area contributed by atoms with Gasteiger partial charge < -0.3 is 4.74 Å². The van der Waals surface area contributed by atoms with E-state index in [0.29, 0.717) is 0 Å². The molecule has 1 nitrogen and oxygen atoms in total. The Bertz CT molecular complexity index is 264. The Kier molecular flexibility index (Phi) is 5.69. The highest BCUT2D eigenvalue weighted by atomic mass is 16.5. The molecule has 72 valence electrons. The third kappa shape index (κ3) is 4.36. The highest BCUT2D eigenvalue weighted by Gasteiger charge is 1.93. The standard InChI is InChI=1S/C9H12O.C3H6/c1-7-4-5-9(10-3)6-8(7)2;1-3-2/h4-6H,1-3H3;3H,1H2,2H3. The van der Waals surface area contributed by atoms with E-state index >= 15 is 0 Å². The van der Waals surface area contributed by atoms with Gasteiger partial charge in [-0.15, -0.1) is 6.58 Å². The van der Waals surface area contributed by atoms with Gasteiger partial charge in [0.05, 0.1) is 7.11 Å². The van der Waals surface area contributed by atoms with Crippen LogP contribution in [0.4, 0.5) is 0 Å². The zero-order valence-corrected chi connectivity index (χ0v) is 8.92. The van der Waals surface area contributed by atoms with Gasteiger partial charge in [-0.05, 0) is 44.0 Å². The minimum Gasteiger partial charge on any atom is -0.497 e. The summed E-state index contributed by atoms with van der Waals surface area (Å²) in [6.07, 6.45) is 1.75. The molecule has 0 aliphatic carbocycles. The predicted octanol–water partition coefficient (Wildman–Crippen LogP) is 3.50. The molecule has 0 atom stereocenters. The summed E-state index contributed by atoms with van der Waals surface area (Å²) in [5, 5.41) is 0. The van der Waals surface area contributed by atoms with Crippen molar-refractivity contribution in [2.45, 2.75) is 20.8 Å². The lowest BCUT2D eigenvalue weighted by molar-refractivity contribution is 0.414. The summed E-state index contributed by atoms with van der Waals surface area (Å²) in [5.41, 5.74) is 2.58. The topological polar surface area (TPSA) is 9.23 Å². The summed E-state index contributed by atoms with van der Waals surface area (Å²) < 4.78 is 5.05. The number of hydrogen-bond donors (Lipinski definition) is 0. The molecular formula is C12H18O. The maximum absolute atomic E-state index is 5.05. The van der Waals surface area contributed by atoms with E-state index in [1.807, 2.05) is 19.1 Å². The molecular weight excluding hydrogens is 160 g/mol. The SMILES string of the molecule is C=CC.COc1ccc(C)c(C)c1. The average molecular weight is 178 g/mol. The first-order valence-corrected chi connectivity index (χ1v) is 4.34. The molecule has 0 radical (unpaired) electrons. The first-order valence-electron chi connectivity index (χ1n) is 4.34. The number of hydrogen-bond acceptors (Lipinski definition) is 1. The monoisotopic (exact) mass is 178 g/mol. The summed E-state index contributed by atoms with van der Waals surface area (Å²) >= 11 is 0. The zero-order valence-electron chi connectivity index (χ0n) is 8.92. The van der Waals surface area contributed by atoms with Crippen molar-refractivity contribution < 1.29 is 4.74 Å². The van der Waals surface area contributed by atoms with Gasteiger partial charge in [-0.1, -0.05) is 12.1 Å². The quantitative estimate of drug-likeness (QED) is 0.598. The van der Waals surface area contributed by atoms with Crippen LogP contribution in [0.15, 0.2) is 30.9 Å². The molecule has 0 unspecified atom stereocenters. The molecule has 0 N–H and O–H groups in total. The normalized spacial score (nSPS) is 8.31. The van der Waals surface area contributed by atoms with E-state index in [1.54, 1.807) is 13.2 Å². The number of methoxy groups -OCH3 is 1. The largest absolute Gasteiger partial charge is 0.497 e. The first-order chi connectivity index (χ1) is 6.15. The predicted molar refractivity (Wildman–Crippen MR) is 58.3 cm³/mol. The Morgan fingerprint density at radius 3 is 2.15 bits per heavy atom. The Balaban J connectivity index is 0.000000424. The molecule has 0 aliphatic heterocycles. The minimum absolute atomic E-state index is 0.933. The van der Waals surface area contributed by atoms with E-state index in [1.165, 1.54) is 11.1 Å². The molecule has 0 saturated heterocycles. The van der Waals surface area contributed by atoms with Crippen LogP contribution in [0.5, 0.6) is 5.75 Å². The van der Waals surface area contributed by atoms with Gasteiger partial charge in [-0.25, -0.2) is 0 Å². The van der Waals surface area contributed by atoms with Crippen molar-refractivity contribution >= 4 is 0 Å². The lowest BCUT2D eigenvalue weighted by Gasteiger charge is -2.02. The Labute approximate surface area is 81.1 Å². The highest BCUT2D eigenvalue weighted by Crippen LogP contribution is 2.15. The van der Waals surface area contributed by atoms with Crippen LogP contribution in [0.1, 0.15) is 18.1 Å². The van der Waals surface area contributed by atoms with Crippen LogP contribution in [-0.4, -0.2) is 7.11 Å². The molecule has 13 heavy (non-hydrogen) atoms. The van der Waals surface area contributed by atoms with Crippen molar-refractivity contribution in [3.05, 3.63) is 42.0 Å². The van der Waals surface area contributed by atoms with Gasteiger partial charge in [-0.2, -0.15) is 0 Å². The van der Waals surface area contributed by atoms with Gasteiger partial charge in [0.1, 0.15) is 5.75 Å². The molecule has 0 heterocycles. The fourth-order valence-corrected chi connectivity index (χ4v) is 0.841. The summed E-state index contributed by atoms with van der Waals surface area (Å²) in [5.74, 6) is 0.933. The van der Waals surface area contributed by atoms with Crippen molar-refractivity contribution in [1.29, 1.82) is 0 Å². The van der Waals surface area contributed by atoms with Crippen molar-refractivity contribution in [3.8, 4) is 5.75 Å². The second kappa shape index (κ2) is 6.30. The van der Waals surface area contributed by atoms with Gasteiger partial charge in [0, 0.05) is 0 Å².